The van der Waals surface area contributed by atoms with Crippen molar-refractivity contribution in [3.8, 4) is 0 Å². The molecule has 3 N–H and O–H groups in total. The topological polar surface area (TPSA) is 87.7 Å². The SMILES string of the molecule is CCOC(=O)c1cc(Nc2ccccc2)c(C(=O)O)c(CC)c1Nc1ccccc1. The molecule has 0 saturated carbocycles. The number of benzene rings is 3. The molecule has 0 aliphatic rings. The molecule has 0 aliphatic heterocycles. The van der Waals surface area contributed by atoms with Gasteiger partial charge < -0.3 is 20.5 Å². The van der Waals surface area contributed by atoms with Crippen LogP contribution in [0.25, 0.3) is 0 Å². The van der Waals surface area contributed by atoms with E-state index in [2.05, 4.69) is 10.6 Å². The molecule has 0 aromatic heterocycles. The lowest BCUT2D eigenvalue weighted by atomic mass is 9.95. The molecular weight excluding hydrogens is 380 g/mol. The number of hydrogen-bond donors (Lipinski definition) is 3. The highest BCUT2D eigenvalue weighted by Gasteiger charge is 2.25. The van der Waals surface area contributed by atoms with Gasteiger partial charge in [-0.3, -0.25) is 0 Å². The molecular formula is C24H24N2O4. The Hall–Kier alpha value is -3.80. The van der Waals surface area contributed by atoms with Crippen LogP contribution >= 0.6 is 0 Å². The molecule has 0 heterocycles. The van der Waals surface area contributed by atoms with Crippen LogP contribution in [0.2, 0.25) is 0 Å². The van der Waals surface area contributed by atoms with Crippen LogP contribution in [-0.4, -0.2) is 23.7 Å². The molecule has 3 aromatic rings. The highest BCUT2D eigenvalue weighted by molar-refractivity contribution is 6.06. The number of para-hydroxylation sites is 2. The number of aromatic carboxylic acids is 1. The molecule has 30 heavy (non-hydrogen) atoms. The van der Waals surface area contributed by atoms with Gasteiger partial charge in [0.1, 0.15) is 0 Å². The fraction of sp³-hybridized carbons (Fsp3) is 0.167. The summed E-state index contributed by atoms with van der Waals surface area (Å²) in [7, 11) is 0. The van der Waals surface area contributed by atoms with E-state index in [-0.39, 0.29) is 17.7 Å². The Bertz CT molecular complexity index is 1030. The van der Waals surface area contributed by atoms with Crippen molar-refractivity contribution in [2.45, 2.75) is 20.3 Å². The minimum atomic E-state index is -1.07. The van der Waals surface area contributed by atoms with Crippen LogP contribution in [0, 0.1) is 0 Å². The zero-order chi connectivity index (χ0) is 21.5. The summed E-state index contributed by atoms with van der Waals surface area (Å²) in [5, 5.41) is 16.4. The molecule has 0 spiro atoms. The summed E-state index contributed by atoms with van der Waals surface area (Å²) in [5.74, 6) is -1.59. The second kappa shape index (κ2) is 9.60. The van der Waals surface area contributed by atoms with Crippen LogP contribution < -0.4 is 10.6 Å². The minimum Gasteiger partial charge on any atom is -0.478 e. The first-order valence-electron chi connectivity index (χ1n) is 9.79. The van der Waals surface area contributed by atoms with Crippen molar-refractivity contribution in [2.75, 3.05) is 17.2 Å². The Morgan fingerprint density at radius 3 is 1.97 bits per heavy atom. The normalized spacial score (nSPS) is 10.3. The largest absolute Gasteiger partial charge is 0.478 e. The fourth-order valence-electron chi connectivity index (χ4n) is 3.29. The Labute approximate surface area is 175 Å². The summed E-state index contributed by atoms with van der Waals surface area (Å²) < 4.78 is 5.26. The molecule has 0 bridgehead atoms. The van der Waals surface area contributed by atoms with E-state index in [9.17, 15) is 14.7 Å². The van der Waals surface area contributed by atoms with Gasteiger partial charge in [-0.15, -0.1) is 0 Å². The maximum Gasteiger partial charge on any atom is 0.340 e. The van der Waals surface area contributed by atoms with E-state index in [1.807, 2.05) is 67.6 Å². The number of nitrogens with one attached hydrogen (secondary N) is 2. The van der Waals surface area contributed by atoms with Crippen LogP contribution in [0.15, 0.2) is 66.7 Å². The zero-order valence-corrected chi connectivity index (χ0v) is 16.9. The molecule has 0 radical (unpaired) electrons. The smallest absolute Gasteiger partial charge is 0.340 e. The van der Waals surface area contributed by atoms with E-state index >= 15 is 0 Å². The minimum absolute atomic E-state index is 0.118. The number of ether oxygens (including phenoxy) is 1. The third-order valence-corrected chi connectivity index (χ3v) is 4.59. The lowest BCUT2D eigenvalue weighted by molar-refractivity contribution is 0.0526. The molecule has 0 fully saturated rings. The third kappa shape index (κ3) is 4.60. The lowest BCUT2D eigenvalue weighted by Crippen LogP contribution is -2.15. The van der Waals surface area contributed by atoms with Crippen molar-refractivity contribution in [1.82, 2.24) is 0 Å². The number of esters is 1. The second-order valence-corrected chi connectivity index (χ2v) is 6.56. The van der Waals surface area contributed by atoms with E-state index in [4.69, 9.17) is 4.74 Å². The highest BCUT2D eigenvalue weighted by atomic mass is 16.5. The van der Waals surface area contributed by atoms with Gasteiger partial charge in [-0.1, -0.05) is 43.3 Å². The van der Waals surface area contributed by atoms with Gasteiger partial charge in [0.2, 0.25) is 0 Å². The average molecular weight is 404 g/mol. The van der Waals surface area contributed by atoms with E-state index in [1.165, 1.54) is 0 Å². The van der Waals surface area contributed by atoms with Crippen molar-refractivity contribution >= 4 is 34.7 Å². The van der Waals surface area contributed by atoms with Crippen LogP contribution in [-0.2, 0) is 11.2 Å². The summed E-state index contributed by atoms with van der Waals surface area (Å²) >= 11 is 0. The first-order valence-corrected chi connectivity index (χ1v) is 9.79. The van der Waals surface area contributed by atoms with E-state index in [1.54, 1.807) is 13.0 Å². The van der Waals surface area contributed by atoms with E-state index < -0.39 is 11.9 Å². The maximum absolute atomic E-state index is 12.8. The predicted molar refractivity (Wildman–Crippen MR) is 118 cm³/mol. The average Bonchev–Trinajstić information content (AvgIpc) is 2.75. The van der Waals surface area contributed by atoms with Crippen LogP contribution in [0.3, 0.4) is 0 Å². The van der Waals surface area contributed by atoms with Gasteiger partial charge in [-0.2, -0.15) is 0 Å². The number of carbonyl (C=O) groups is 2. The number of carbonyl (C=O) groups excluding carboxylic acids is 1. The van der Waals surface area contributed by atoms with Crippen LogP contribution in [0.4, 0.5) is 22.7 Å². The van der Waals surface area contributed by atoms with Gasteiger partial charge in [0.05, 0.1) is 29.1 Å². The van der Waals surface area contributed by atoms with Crippen molar-refractivity contribution in [3.05, 3.63) is 83.4 Å². The summed E-state index contributed by atoms with van der Waals surface area (Å²) in [5.41, 5.74) is 3.17. The molecule has 0 aliphatic carbocycles. The Kier molecular flexibility index (Phi) is 6.70. The van der Waals surface area contributed by atoms with Crippen molar-refractivity contribution in [1.29, 1.82) is 0 Å². The zero-order valence-electron chi connectivity index (χ0n) is 16.9. The molecule has 3 rings (SSSR count). The summed E-state index contributed by atoms with van der Waals surface area (Å²) in [6.45, 7) is 3.81. The number of carboxylic acid groups (broad SMARTS) is 1. The van der Waals surface area contributed by atoms with Gasteiger partial charge >= 0.3 is 11.9 Å². The molecule has 154 valence electrons. The monoisotopic (exact) mass is 404 g/mol. The molecule has 0 atom stereocenters. The Morgan fingerprint density at radius 1 is 0.900 bits per heavy atom. The van der Waals surface area contributed by atoms with Gasteiger partial charge in [0.25, 0.3) is 0 Å². The number of anilines is 4. The molecule has 6 nitrogen and oxygen atoms in total. The molecule has 6 heteroatoms. The van der Waals surface area contributed by atoms with Crippen LogP contribution in [0.1, 0.15) is 40.1 Å². The maximum atomic E-state index is 12.8. The molecule has 0 unspecified atom stereocenters. The van der Waals surface area contributed by atoms with Gasteiger partial charge in [0, 0.05) is 11.4 Å². The number of rotatable bonds is 8. The second-order valence-electron chi connectivity index (χ2n) is 6.56. The Morgan fingerprint density at radius 2 is 1.47 bits per heavy atom. The predicted octanol–water partition coefficient (Wildman–Crippen LogP) is 5.61. The highest BCUT2D eigenvalue weighted by Crippen LogP contribution is 2.36. The van der Waals surface area contributed by atoms with Gasteiger partial charge in [-0.05, 0) is 49.2 Å². The van der Waals surface area contributed by atoms with Gasteiger partial charge in [0.15, 0.2) is 0 Å². The summed E-state index contributed by atoms with van der Waals surface area (Å²) in [6, 6.07) is 20.1. The van der Waals surface area contributed by atoms with E-state index in [0.29, 0.717) is 23.4 Å². The third-order valence-electron chi connectivity index (χ3n) is 4.59. The number of hydrogen-bond acceptors (Lipinski definition) is 5. The first-order chi connectivity index (χ1) is 14.5. The van der Waals surface area contributed by atoms with Crippen LogP contribution in [0.5, 0.6) is 0 Å². The molecule has 3 aromatic carbocycles. The number of carboxylic acids is 1. The van der Waals surface area contributed by atoms with Crippen molar-refractivity contribution < 1.29 is 19.4 Å². The standard InChI is InChI=1S/C24H24N2O4/c1-3-18-21(23(27)28)20(25-16-11-7-5-8-12-16)15-19(24(29)30-4-2)22(18)26-17-13-9-6-10-14-17/h5-15,25-26H,3-4H2,1-2H3,(H,27,28). The quantitative estimate of drug-likeness (QED) is 0.423. The van der Waals surface area contributed by atoms with Crippen molar-refractivity contribution in [3.63, 3.8) is 0 Å². The first kappa shape index (κ1) is 20.9. The molecule has 0 saturated heterocycles. The van der Waals surface area contributed by atoms with Gasteiger partial charge in [-0.25, -0.2) is 9.59 Å². The fourth-order valence-corrected chi connectivity index (χ4v) is 3.29. The Balaban J connectivity index is 2.22. The summed E-state index contributed by atoms with van der Waals surface area (Å²) in [4.78, 5) is 25.0. The summed E-state index contributed by atoms with van der Waals surface area (Å²) in [6.07, 6.45) is 0.410. The molecule has 0 amide bonds. The van der Waals surface area contributed by atoms with Crippen molar-refractivity contribution in [2.24, 2.45) is 0 Å². The lowest BCUT2D eigenvalue weighted by Gasteiger charge is -2.21. The van der Waals surface area contributed by atoms with E-state index in [0.717, 1.165) is 11.4 Å².